The van der Waals surface area contributed by atoms with E-state index >= 15 is 0 Å². The molecule has 2 unspecified atom stereocenters. The summed E-state index contributed by atoms with van der Waals surface area (Å²) in [6, 6.07) is 0. The second-order valence-corrected chi connectivity index (χ2v) is 4.16. The summed E-state index contributed by atoms with van der Waals surface area (Å²) < 4.78 is 4.78. The summed E-state index contributed by atoms with van der Waals surface area (Å²) in [7, 11) is 0. The van der Waals surface area contributed by atoms with E-state index in [0.29, 0.717) is 6.42 Å². The Labute approximate surface area is 98.3 Å². The quantitative estimate of drug-likeness (QED) is 0.351. The van der Waals surface area contributed by atoms with Crippen LogP contribution in [0.2, 0.25) is 0 Å². The predicted molar refractivity (Wildman–Crippen MR) is 54.8 cm³/mol. The second kappa shape index (κ2) is 5.74. The van der Waals surface area contributed by atoms with Crippen molar-refractivity contribution in [3.05, 3.63) is 0 Å². The highest BCUT2D eigenvalue weighted by Gasteiger charge is 2.50. The van der Waals surface area contributed by atoms with Crippen molar-refractivity contribution in [3.8, 4) is 0 Å². The normalized spacial score (nSPS) is 42.2. The Bertz CT molecular complexity index is 253. The average molecular weight is 250 g/mol. The van der Waals surface area contributed by atoms with Crippen LogP contribution in [-0.4, -0.2) is 68.1 Å². The van der Waals surface area contributed by atoms with Gasteiger partial charge in [0.2, 0.25) is 0 Å². The molecule has 0 aliphatic heterocycles. The summed E-state index contributed by atoms with van der Waals surface area (Å²) in [6.07, 6.45) is -9.10. The van der Waals surface area contributed by atoms with E-state index in [1.54, 1.807) is 6.92 Å². The third-order valence-electron chi connectivity index (χ3n) is 2.79. The van der Waals surface area contributed by atoms with Gasteiger partial charge in [-0.2, -0.15) is 0 Å². The number of carbonyl (C=O) groups excluding carboxylic acids is 1. The summed E-state index contributed by atoms with van der Waals surface area (Å²) in [6.45, 7) is 1.75. The smallest absolute Gasteiger partial charge is 0.306 e. The van der Waals surface area contributed by atoms with Crippen LogP contribution >= 0.6 is 0 Å². The Kier molecular flexibility index (Phi) is 4.84. The van der Waals surface area contributed by atoms with Crippen LogP contribution in [0.5, 0.6) is 0 Å². The molecule has 6 atom stereocenters. The first kappa shape index (κ1) is 14.3. The van der Waals surface area contributed by atoms with E-state index in [1.807, 2.05) is 0 Å². The molecule has 5 N–H and O–H groups in total. The Hall–Kier alpha value is -0.730. The Morgan fingerprint density at radius 2 is 1.35 bits per heavy atom. The van der Waals surface area contributed by atoms with Gasteiger partial charge in [0.05, 0.1) is 0 Å². The van der Waals surface area contributed by atoms with Crippen molar-refractivity contribution >= 4 is 5.97 Å². The number of rotatable bonds is 3. The average Bonchev–Trinajstić information content (AvgIpc) is 2.30. The summed E-state index contributed by atoms with van der Waals surface area (Å²) in [5, 5.41) is 47.2. The van der Waals surface area contributed by atoms with Crippen LogP contribution in [0.15, 0.2) is 0 Å². The molecule has 0 saturated heterocycles. The SMILES string of the molecule is CCCC(=O)OC1[C@@H](O)[C@@H](O)C(O)[C@H](O)[C@H]1O. The summed E-state index contributed by atoms with van der Waals surface area (Å²) >= 11 is 0. The van der Waals surface area contributed by atoms with Gasteiger partial charge in [0.25, 0.3) is 0 Å². The van der Waals surface area contributed by atoms with Crippen LogP contribution in [0.4, 0.5) is 0 Å². The standard InChI is InChI=1S/C10H18O7/c1-2-3-4(11)17-10-8(15)6(13)5(12)7(14)9(10)16/h5-10,12-16H,2-3H2,1H3/t5?,6-,7-,8-,9+,10?/m0/s1. The van der Waals surface area contributed by atoms with E-state index in [-0.39, 0.29) is 6.42 Å². The number of aliphatic hydroxyl groups excluding tert-OH is 5. The molecule has 0 aromatic heterocycles. The van der Waals surface area contributed by atoms with Crippen molar-refractivity contribution in [3.63, 3.8) is 0 Å². The third-order valence-corrected chi connectivity index (χ3v) is 2.79. The van der Waals surface area contributed by atoms with Crippen molar-refractivity contribution in [2.45, 2.75) is 56.4 Å². The molecule has 0 spiro atoms. The molecule has 17 heavy (non-hydrogen) atoms. The first-order valence-electron chi connectivity index (χ1n) is 5.50. The predicted octanol–water partition coefficient (Wildman–Crippen LogP) is -2.48. The second-order valence-electron chi connectivity index (χ2n) is 4.16. The molecule has 7 heteroatoms. The van der Waals surface area contributed by atoms with Crippen LogP contribution in [0, 0.1) is 0 Å². The van der Waals surface area contributed by atoms with Crippen LogP contribution in [0.3, 0.4) is 0 Å². The van der Waals surface area contributed by atoms with Crippen LogP contribution < -0.4 is 0 Å². The molecule has 0 aromatic rings. The third kappa shape index (κ3) is 2.93. The fraction of sp³-hybridized carbons (Fsp3) is 0.900. The van der Waals surface area contributed by atoms with Gasteiger partial charge in [0.1, 0.15) is 30.5 Å². The Morgan fingerprint density at radius 1 is 0.941 bits per heavy atom. The molecule has 0 amide bonds. The molecule has 0 heterocycles. The van der Waals surface area contributed by atoms with Crippen LogP contribution in [-0.2, 0) is 9.53 Å². The van der Waals surface area contributed by atoms with Gasteiger partial charge in [-0.25, -0.2) is 0 Å². The molecule has 1 saturated carbocycles. The first-order chi connectivity index (χ1) is 7.90. The Balaban J connectivity index is 2.72. The van der Waals surface area contributed by atoms with Gasteiger partial charge < -0.3 is 30.3 Å². The Morgan fingerprint density at radius 3 is 1.76 bits per heavy atom. The van der Waals surface area contributed by atoms with Crippen molar-refractivity contribution in [2.75, 3.05) is 0 Å². The van der Waals surface area contributed by atoms with Gasteiger partial charge in [0.15, 0.2) is 6.10 Å². The molecule has 1 fully saturated rings. The molecule has 7 nitrogen and oxygen atoms in total. The minimum absolute atomic E-state index is 0.102. The zero-order chi connectivity index (χ0) is 13.2. The molecule has 0 bridgehead atoms. The zero-order valence-corrected chi connectivity index (χ0v) is 9.43. The number of hydrogen-bond donors (Lipinski definition) is 5. The first-order valence-corrected chi connectivity index (χ1v) is 5.50. The largest absolute Gasteiger partial charge is 0.457 e. The van der Waals surface area contributed by atoms with E-state index in [1.165, 1.54) is 0 Å². The highest BCUT2D eigenvalue weighted by molar-refractivity contribution is 5.69. The van der Waals surface area contributed by atoms with Gasteiger partial charge in [-0.3, -0.25) is 4.79 Å². The fourth-order valence-electron chi connectivity index (χ4n) is 1.75. The number of carbonyl (C=O) groups is 1. The molecule has 1 rings (SSSR count). The molecular formula is C10H18O7. The van der Waals surface area contributed by atoms with Crippen molar-refractivity contribution < 1.29 is 35.1 Å². The highest BCUT2D eigenvalue weighted by Crippen LogP contribution is 2.24. The molecule has 0 aromatic carbocycles. The molecule has 0 radical (unpaired) electrons. The maximum atomic E-state index is 11.2. The summed E-state index contributed by atoms with van der Waals surface area (Å²) in [5.74, 6) is -0.647. The van der Waals surface area contributed by atoms with E-state index in [2.05, 4.69) is 0 Å². The van der Waals surface area contributed by atoms with E-state index in [0.717, 1.165) is 0 Å². The van der Waals surface area contributed by atoms with E-state index in [4.69, 9.17) is 4.74 Å². The lowest BCUT2D eigenvalue weighted by Gasteiger charge is -2.41. The van der Waals surface area contributed by atoms with Crippen molar-refractivity contribution in [1.82, 2.24) is 0 Å². The van der Waals surface area contributed by atoms with Crippen molar-refractivity contribution in [2.24, 2.45) is 0 Å². The van der Waals surface area contributed by atoms with Gasteiger partial charge in [0, 0.05) is 6.42 Å². The van der Waals surface area contributed by atoms with E-state index < -0.39 is 42.6 Å². The number of aliphatic hydroxyl groups is 5. The fourth-order valence-corrected chi connectivity index (χ4v) is 1.75. The number of ether oxygens (including phenoxy) is 1. The molecule has 1 aliphatic carbocycles. The van der Waals surface area contributed by atoms with Gasteiger partial charge in [-0.05, 0) is 6.42 Å². The lowest BCUT2D eigenvalue weighted by molar-refractivity contribution is -0.233. The number of esters is 1. The maximum absolute atomic E-state index is 11.2. The lowest BCUT2D eigenvalue weighted by Crippen LogP contribution is -2.64. The van der Waals surface area contributed by atoms with Crippen molar-refractivity contribution in [1.29, 1.82) is 0 Å². The van der Waals surface area contributed by atoms with Crippen LogP contribution in [0.1, 0.15) is 19.8 Å². The van der Waals surface area contributed by atoms with Gasteiger partial charge in [-0.15, -0.1) is 0 Å². The van der Waals surface area contributed by atoms with Gasteiger partial charge in [-0.1, -0.05) is 6.92 Å². The monoisotopic (exact) mass is 250 g/mol. The molecule has 1 aliphatic rings. The lowest BCUT2D eigenvalue weighted by atomic mass is 9.85. The molecule has 100 valence electrons. The van der Waals surface area contributed by atoms with Gasteiger partial charge >= 0.3 is 5.97 Å². The molecular weight excluding hydrogens is 232 g/mol. The van der Waals surface area contributed by atoms with E-state index in [9.17, 15) is 30.3 Å². The maximum Gasteiger partial charge on any atom is 0.306 e. The number of hydrogen-bond acceptors (Lipinski definition) is 7. The summed E-state index contributed by atoms with van der Waals surface area (Å²) in [4.78, 5) is 11.2. The topological polar surface area (TPSA) is 127 Å². The van der Waals surface area contributed by atoms with Crippen LogP contribution in [0.25, 0.3) is 0 Å². The minimum atomic E-state index is -1.68. The zero-order valence-electron chi connectivity index (χ0n) is 9.43. The highest BCUT2D eigenvalue weighted by atomic mass is 16.6. The minimum Gasteiger partial charge on any atom is -0.457 e. The summed E-state index contributed by atoms with van der Waals surface area (Å²) in [5.41, 5.74) is 0.